The first-order valence-corrected chi connectivity index (χ1v) is 9.07. The summed E-state index contributed by atoms with van der Waals surface area (Å²) in [5.41, 5.74) is 3.65. The molecule has 2 aromatic heterocycles. The fourth-order valence-electron chi connectivity index (χ4n) is 3.18. The van der Waals surface area contributed by atoms with Crippen LogP contribution in [0.15, 0.2) is 72.8 Å². The number of rotatable bonds is 6. The van der Waals surface area contributed by atoms with E-state index in [2.05, 4.69) is 35.7 Å². The molecule has 29 heavy (non-hydrogen) atoms. The zero-order valence-electron chi connectivity index (χ0n) is 15.5. The number of pyridine rings is 2. The van der Waals surface area contributed by atoms with E-state index in [1.54, 1.807) is 6.07 Å². The van der Waals surface area contributed by atoms with Gasteiger partial charge in [0.25, 0.3) is 0 Å². The monoisotopic (exact) mass is 559 g/mol. The molecular formula is C24H18IrN2O2-. The molecule has 0 amide bonds. The number of nitrogens with zero attached hydrogens (tertiary/aromatic N) is 2. The van der Waals surface area contributed by atoms with Crippen molar-refractivity contribution in [2.75, 3.05) is 0 Å². The van der Waals surface area contributed by atoms with Gasteiger partial charge in [0, 0.05) is 31.5 Å². The van der Waals surface area contributed by atoms with Crippen LogP contribution in [0.4, 0.5) is 0 Å². The topological polar surface area (TPSA) is 63.1 Å². The Morgan fingerprint density at radius 1 is 0.931 bits per heavy atom. The van der Waals surface area contributed by atoms with Crippen molar-refractivity contribution >= 4 is 16.7 Å². The van der Waals surface area contributed by atoms with E-state index in [0.29, 0.717) is 12.8 Å². The van der Waals surface area contributed by atoms with E-state index >= 15 is 0 Å². The molecular weight excluding hydrogens is 540 g/mol. The van der Waals surface area contributed by atoms with E-state index < -0.39 is 5.97 Å². The summed E-state index contributed by atoms with van der Waals surface area (Å²) >= 11 is 0. The fraction of sp³-hybridized carbons (Fsp3) is 0.0833. The molecule has 4 aromatic rings. The van der Waals surface area contributed by atoms with Gasteiger partial charge in [-0.2, -0.15) is 0 Å². The van der Waals surface area contributed by atoms with Crippen LogP contribution in [0.5, 0.6) is 0 Å². The van der Waals surface area contributed by atoms with Crippen LogP contribution in [-0.2, 0) is 32.9 Å². The number of hydrogen-bond donors (Lipinski definition) is 1. The van der Waals surface area contributed by atoms with Gasteiger partial charge in [-0.25, -0.2) is 9.78 Å². The molecule has 0 fully saturated rings. The van der Waals surface area contributed by atoms with Crippen LogP contribution in [0.25, 0.3) is 22.0 Å². The van der Waals surface area contributed by atoms with E-state index in [0.717, 1.165) is 33.4 Å². The van der Waals surface area contributed by atoms with Crippen LogP contribution < -0.4 is 0 Å². The second kappa shape index (κ2) is 9.55. The van der Waals surface area contributed by atoms with Gasteiger partial charge in [0.2, 0.25) is 0 Å². The molecule has 0 atom stereocenters. The van der Waals surface area contributed by atoms with E-state index in [1.807, 2.05) is 42.5 Å². The van der Waals surface area contributed by atoms with Gasteiger partial charge in [0.05, 0.1) is 0 Å². The predicted molar refractivity (Wildman–Crippen MR) is 109 cm³/mol. The second-order valence-electron chi connectivity index (χ2n) is 6.48. The molecule has 0 aliphatic rings. The standard InChI is InChI=1S/C24H18N2O2.Ir/c27-24(28)22-15-7-12-19(25-22)11-6-13-20-16-18-10-4-5-14-21(18)23(26-20)17-8-2-1-3-9-17;/h1-8,10,12,14-16H,11,13H2,(H,27,28);/q-1;. The average Bonchev–Trinajstić information content (AvgIpc) is 2.74. The molecule has 5 heteroatoms. The molecule has 0 bridgehead atoms. The minimum atomic E-state index is -1.01. The van der Waals surface area contributed by atoms with Crippen LogP contribution in [-0.4, -0.2) is 21.0 Å². The number of benzene rings is 2. The number of hydrogen-bond acceptors (Lipinski definition) is 3. The van der Waals surface area contributed by atoms with Gasteiger partial charge >= 0.3 is 5.97 Å². The number of carboxylic acids is 1. The van der Waals surface area contributed by atoms with E-state index in [9.17, 15) is 4.79 Å². The van der Waals surface area contributed by atoms with Gasteiger partial charge in [0.1, 0.15) is 5.69 Å². The summed E-state index contributed by atoms with van der Waals surface area (Å²) in [6.45, 7) is 0. The molecule has 2 radical (unpaired) electrons. The van der Waals surface area contributed by atoms with Crippen molar-refractivity contribution in [3.05, 3.63) is 102 Å². The van der Waals surface area contributed by atoms with Crippen molar-refractivity contribution in [3.8, 4) is 11.3 Å². The number of aromatic carboxylic acids is 1. The fourth-order valence-corrected chi connectivity index (χ4v) is 3.18. The van der Waals surface area contributed by atoms with Crippen molar-refractivity contribution in [2.45, 2.75) is 12.8 Å². The Balaban J connectivity index is 0.00000240. The molecule has 2 heterocycles. The summed E-state index contributed by atoms with van der Waals surface area (Å²) in [4.78, 5) is 20.1. The summed E-state index contributed by atoms with van der Waals surface area (Å²) in [6, 6.07) is 26.5. The Kier molecular flexibility index (Phi) is 6.86. The van der Waals surface area contributed by atoms with E-state index in [1.165, 1.54) is 6.07 Å². The van der Waals surface area contributed by atoms with E-state index in [4.69, 9.17) is 10.1 Å². The molecule has 146 valence electrons. The number of carbonyl (C=O) groups is 1. The summed E-state index contributed by atoms with van der Waals surface area (Å²) < 4.78 is 0. The number of carboxylic acid groups (broad SMARTS) is 1. The summed E-state index contributed by atoms with van der Waals surface area (Å²) in [5, 5.41) is 11.3. The van der Waals surface area contributed by atoms with Gasteiger partial charge in [0.15, 0.2) is 0 Å². The van der Waals surface area contributed by atoms with Gasteiger partial charge in [-0.15, -0.1) is 35.9 Å². The van der Waals surface area contributed by atoms with Gasteiger partial charge in [-0.05, 0) is 53.9 Å². The summed E-state index contributed by atoms with van der Waals surface area (Å²) in [5.74, 6) is -1.01. The maximum absolute atomic E-state index is 11.1. The first-order valence-electron chi connectivity index (χ1n) is 9.07. The molecule has 0 spiro atoms. The Morgan fingerprint density at radius 2 is 1.72 bits per heavy atom. The molecule has 0 saturated heterocycles. The van der Waals surface area contributed by atoms with Gasteiger partial charge < -0.3 is 10.1 Å². The Bertz CT molecular complexity index is 1130. The third-order valence-electron chi connectivity index (χ3n) is 4.49. The minimum absolute atomic E-state index is 0. The van der Waals surface area contributed by atoms with Crippen LogP contribution >= 0.6 is 0 Å². The third kappa shape index (κ3) is 4.94. The van der Waals surface area contributed by atoms with Crippen molar-refractivity contribution < 1.29 is 30.0 Å². The van der Waals surface area contributed by atoms with Crippen molar-refractivity contribution in [1.82, 2.24) is 9.97 Å². The Labute approximate surface area is 183 Å². The van der Waals surface area contributed by atoms with Crippen molar-refractivity contribution in [1.29, 1.82) is 0 Å². The quantitative estimate of drug-likeness (QED) is 0.346. The normalized spacial score (nSPS) is 10.5. The summed E-state index contributed by atoms with van der Waals surface area (Å²) in [7, 11) is 0. The molecule has 0 aliphatic heterocycles. The zero-order valence-corrected chi connectivity index (χ0v) is 17.9. The molecule has 0 saturated carbocycles. The first-order chi connectivity index (χ1) is 13.7. The van der Waals surface area contributed by atoms with Crippen molar-refractivity contribution in [2.24, 2.45) is 0 Å². The molecule has 2 aromatic carbocycles. The van der Waals surface area contributed by atoms with Crippen LogP contribution in [0.3, 0.4) is 0 Å². The molecule has 0 unspecified atom stereocenters. The third-order valence-corrected chi connectivity index (χ3v) is 4.49. The SMILES string of the molecule is O=C(O)c1cccc(C[CH]Cc2cc3ccccc3c(-c3[c-]cccc3)n2)n1.[Ir]. The molecule has 4 rings (SSSR count). The second-order valence-corrected chi connectivity index (χ2v) is 6.48. The molecule has 1 N–H and O–H groups in total. The maximum atomic E-state index is 11.1. The minimum Gasteiger partial charge on any atom is -0.477 e. The Morgan fingerprint density at radius 3 is 2.52 bits per heavy atom. The first kappa shape index (κ1) is 20.8. The number of aromatic nitrogens is 2. The number of fused-ring (bicyclic) bond motifs is 1. The maximum Gasteiger partial charge on any atom is 0.354 e. The van der Waals surface area contributed by atoms with Crippen LogP contribution in [0.2, 0.25) is 0 Å². The average molecular weight is 559 g/mol. The van der Waals surface area contributed by atoms with Crippen molar-refractivity contribution in [3.63, 3.8) is 0 Å². The van der Waals surface area contributed by atoms with E-state index in [-0.39, 0.29) is 25.8 Å². The summed E-state index contributed by atoms with van der Waals surface area (Å²) in [6.07, 6.45) is 3.33. The molecule has 0 aliphatic carbocycles. The Hall–Kier alpha value is -2.88. The molecule has 4 nitrogen and oxygen atoms in total. The van der Waals surface area contributed by atoms with Crippen LogP contribution in [0, 0.1) is 12.5 Å². The smallest absolute Gasteiger partial charge is 0.354 e. The van der Waals surface area contributed by atoms with Gasteiger partial charge in [-0.3, -0.25) is 0 Å². The predicted octanol–water partition coefficient (Wildman–Crippen LogP) is 4.78. The largest absolute Gasteiger partial charge is 0.477 e. The van der Waals surface area contributed by atoms with Gasteiger partial charge in [-0.1, -0.05) is 30.3 Å². The zero-order chi connectivity index (χ0) is 19.3. The van der Waals surface area contributed by atoms with Crippen LogP contribution in [0.1, 0.15) is 21.9 Å².